The summed E-state index contributed by atoms with van der Waals surface area (Å²) in [5, 5.41) is 8.88. The lowest BCUT2D eigenvalue weighted by Gasteiger charge is -2.03. The van der Waals surface area contributed by atoms with Gasteiger partial charge in [0.05, 0.1) is 19.1 Å². The predicted molar refractivity (Wildman–Crippen MR) is 58.6 cm³/mol. The van der Waals surface area contributed by atoms with Crippen molar-refractivity contribution in [2.24, 2.45) is 0 Å². The maximum absolute atomic E-state index is 10.9. The van der Waals surface area contributed by atoms with Crippen molar-refractivity contribution in [3.63, 3.8) is 0 Å². The van der Waals surface area contributed by atoms with Crippen molar-refractivity contribution in [3.05, 3.63) is 24.0 Å². The van der Waals surface area contributed by atoms with E-state index in [4.69, 9.17) is 5.11 Å². The summed E-state index contributed by atoms with van der Waals surface area (Å²) < 4.78 is 4.48. The van der Waals surface area contributed by atoms with Gasteiger partial charge in [-0.25, -0.2) is 4.79 Å². The van der Waals surface area contributed by atoms with E-state index in [1.54, 1.807) is 6.07 Å². The molecule has 0 aliphatic carbocycles. The predicted octanol–water partition coefficient (Wildman–Crippen LogP) is 1.43. The Bertz CT molecular complexity index is 394. The number of hydrogen-bond acceptors (Lipinski definition) is 5. The number of carbonyl (C=O) groups is 2. The molecular formula is C10H11NO4S. The number of methoxy groups -OCH3 is 1. The Morgan fingerprint density at radius 2 is 2.31 bits per heavy atom. The van der Waals surface area contributed by atoms with Crippen molar-refractivity contribution >= 4 is 23.7 Å². The highest BCUT2D eigenvalue weighted by Crippen LogP contribution is 2.22. The molecule has 1 rings (SSSR count). The smallest absolute Gasteiger partial charge is 0.338 e. The number of thioether (sulfide) groups is 1. The molecule has 0 aliphatic heterocycles. The second kappa shape index (κ2) is 6.12. The molecule has 0 spiro atoms. The fourth-order valence-corrected chi connectivity index (χ4v) is 1.96. The number of nitrogens with zero attached hydrogens (tertiary/aromatic N) is 1. The quantitative estimate of drug-likeness (QED) is 0.621. The second-order valence-corrected chi connectivity index (χ2v) is 3.99. The summed E-state index contributed by atoms with van der Waals surface area (Å²) in [6, 6.07) is 1.62. The number of aromatic nitrogens is 1. The largest absolute Gasteiger partial charge is 0.478 e. The molecule has 1 aromatic rings. The lowest BCUT2D eigenvalue weighted by atomic mass is 10.3. The molecule has 0 fully saturated rings. The molecule has 0 aromatic carbocycles. The van der Waals surface area contributed by atoms with Crippen molar-refractivity contribution in [2.45, 2.75) is 11.3 Å². The number of carbonyl (C=O) groups excluding carboxylic acids is 1. The van der Waals surface area contributed by atoms with Gasteiger partial charge >= 0.3 is 11.9 Å². The number of pyridine rings is 1. The molecule has 1 aromatic heterocycles. The summed E-state index contributed by atoms with van der Waals surface area (Å²) in [4.78, 5) is 26.0. The van der Waals surface area contributed by atoms with Gasteiger partial charge in [-0.1, -0.05) is 0 Å². The minimum Gasteiger partial charge on any atom is -0.478 e. The van der Waals surface area contributed by atoms with E-state index >= 15 is 0 Å². The molecule has 6 heteroatoms. The van der Waals surface area contributed by atoms with Gasteiger partial charge in [-0.05, 0) is 6.07 Å². The van der Waals surface area contributed by atoms with Crippen LogP contribution in [0.2, 0.25) is 0 Å². The summed E-state index contributed by atoms with van der Waals surface area (Å²) >= 11 is 1.30. The number of carboxylic acids is 1. The van der Waals surface area contributed by atoms with E-state index in [0.717, 1.165) is 0 Å². The van der Waals surface area contributed by atoms with E-state index in [9.17, 15) is 9.59 Å². The first-order chi connectivity index (χ1) is 7.65. The van der Waals surface area contributed by atoms with Gasteiger partial charge in [0.2, 0.25) is 0 Å². The van der Waals surface area contributed by atoms with Crippen LogP contribution in [0.1, 0.15) is 16.8 Å². The van der Waals surface area contributed by atoms with Crippen LogP contribution in [0.15, 0.2) is 23.4 Å². The van der Waals surface area contributed by atoms with Gasteiger partial charge in [0.15, 0.2) is 0 Å². The molecule has 0 atom stereocenters. The van der Waals surface area contributed by atoms with Crippen molar-refractivity contribution in [3.8, 4) is 0 Å². The van der Waals surface area contributed by atoms with Gasteiger partial charge in [-0.15, -0.1) is 11.8 Å². The van der Waals surface area contributed by atoms with Crippen LogP contribution in [0.5, 0.6) is 0 Å². The fraction of sp³-hybridized carbons (Fsp3) is 0.300. The average molecular weight is 241 g/mol. The zero-order chi connectivity index (χ0) is 12.0. The second-order valence-electron chi connectivity index (χ2n) is 2.85. The Hall–Kier alpha value is -1.56. The standard InChI is InChI=1S/C10H11NO4S/c1-15-9(12)3-5-16-8-2-4-11-6-7(8)10(13)14/h2,4,6H,3,5H2,1H3,(H,13,14). The minimum absolute atomic E-state index is 0.150. The number of rotatable bonds is 5. The number of ether oxygens (including phenoxy) is 1. The summed E-state index contributed by atoms with van der Waals surface area (Å²) in [7, 11) is 1.32. The average Bonchev–Trinajstić information content (AvgIpc) is 2.29. The van der Waals surface area contributed by atoms with Crippen LogP contribution < -0.4 is 0 Å². The SMILES string of the molecule is COC(=O)CCSc1ccncc1C(=O)O. The van der Waals surface area contributed by atoms with Crippen molar-refractivity contribution < 1.29 is 19.4 Å². The summed E-state index contributed by atoms with van der Waals surface area (Å²) in [5.74, 6) is -0.844. The highest BCUT2D eigenvalue weighted by Gasteiger charge is 2.10. The Labute approximate surface area is 96.8 Å². The zero-order valence-electron chi connectivity index (χ0n) is 8.67. The molecule has 5 nitrogen and oxygen atoms in total. The van der Waals surface area contributed by atoms with E-state index in [-0.39, 0.29) is 18.0 Å². The normalized spacial score (nSPS) is 9.81. The van der Waals surface area contributed by atoms with Gasteiger partial charge < -0.3 is 9.84 Å². The highest BCUT2D eigenvalue weighted by molar-refractivity contribution is 7.99. The van der Waals surface area contributed by atoms with E-state index in [2.05, 4.69) is 9.72 Å². The first-order valence-electron chi connectivity index (χ1n) is 4.52. The Kier molecular flexibility index (Phi) is 4.78. The maximum Gasteiger partial charge on any atom is 0.338 e. The third-order valence-corrected chi connectivity index (χ3v) is 2.88. The Morgan fingerprint density at radius 3 is 2.94 bits per heavy atom. The van der Waals surface area contributed by atoms with Crippen LogP contribution in [0.4, 0.5) is 0 Å². The number of hydrogen-bond donors (Lipinski definition) is 1. The summed E-state index contributed by atoms with van der Waals surface area (Å²) in [5.41, 5.74) is 0.150. The molecule has 0 aliphatic rings. The Balaban J connectivity index is 2.60. The lowest BCUT2D eigenvalue weighted by Crippen LogP contribution is -2.03. The first kappa shape index (κ1) is 12.5. The summed E-state index contributed by atoms with van der Waals surface area (Å²) in [6.07, 6.45) is 3.07. The van der Waals surface area contributed by atoms with Crippen LogP contribution in [0, 0.1) is 0 Å². The molecule has 16 heavy (non-hydrogen) atoms. The maximum atomic E-state index is 10.9. The molecule has 0 unspecified atom stereocenters. The third-order valence-electron chi connectivity index (χ3n) is 1.80. The van der Waals surface area contributed by atoms with E-state index < -0.39 is 5.97 Å². The van der Waals surface area contributed by atoms with Gasteiger partial charge in [0.1, 0.15) is 0 Å². The first-order valence-corrected chi connectivity index (χ1v) is 5.50. The third kappa shape index (κ3) is 3.54. The van der Waals surface area contributed by atoms with Crippen LogP contribution in [-0.4, -0.2) is 34.9 Å². The van der Waals surface area contributed by atoms with Crippen molar-refractivity contribution in [1.82, 2.24) is 4.98 Å². The number of esters is 1. The van der Waals surface area contributed by atoms with Crippen molar-refractivity contribution in [1.29, 1.82) is 0 Å². The number of aromatic carboxylic acids is 1. The van der Waals surface area contributed by atoms with Gasteiger partial charge in [-0.2, -0.15) is 0 Å². The van der Waals surface area contributed by atoms with Gasteiger partial charge in [-0.3, -0.25) is 9.78 Å². The Morgan fingerprint density at radius 1 is 1.56 bits per heavy atom. The topological polar surface area (TPSA) is 76.5 Å². The molecule has 86 valence electrons. The molecule has 0 amide bonds. The zero-order valence-corrected chi connectivity index (χ0v) is 9.49. The van der Waals surface area contributed by atoms with E-state index in [1.807, 2.05) is 0 Å². The van der Waals surface area contributed by atoms with Gasteiger partial charge in [0.25, 0.3) is 0 Å². The minimum atomic E-state index is -1.02. The van der Waals surface area contributed by atoms with Crippen LogP contribution in [0.3, 0.4) is 0 Å². The highest BCUT2D eigenvalue weighted by atomic mass is 32.2. The van der Waals surface area contributed by atoms with Crippen LogP contribution in [-0.2, 0) is 9.53 Å². The molecule has 1 N–H and O–H groups in total. The summed E-state index contributed by atoms with van der Waals surface area (Å²) in [6.45, 7) is 0. The van der Waals surface area contributed by atoms with Gasteiger partial charge in [0, 0.05) is 23.0 Å². The van der Waals surface area contributed by atoms with E-state index in [0.29, 0.717) is 10.6 Å². The molecular weight excluding hydrogens is 230 g/mol. The molecule has 0 saturated heterocycles. The number of carboxylic acid groups (broad SMARTS) is 1. The van der Waals surface area contributed by atoms with Crippen LogP contribution >= 0.6 is 11.8 Å². The molecule has 0 radical (unpaired) electrons. The molecule has 0 saturated carbocycles. The van der Waals surface area contributed by atoms with Crippen molar-refractivity contribution in [2.75, 3.05) is 12.9 Å². The molecule has 1 heterocycles. The van der Waals surface area contributed by atoms with Crippen LogP contribution in [0.25, 0.3) is 0 Å². The molecule has 0 bridgehead atoms. The fourth-order valence-electron chi connectivity index (χ4n) is 1.01. The van der Waals surface area contributed by atoms with E-state index in [1.165, 1.54) is 31.3 Å². The monoisotopic (exact) mass is 241 g/mol. The lowest BCUT2D eigenvalue weighted by molar-refractivity contribution is -0.140.